The molecule has 1 N–H and O–H groups in total. The number of hydrogen-bond acceptors (Lipinski definition) is 5. The zero-order chi connectivity index (χ0) is 21.8. The summed E-state index contributed by atoms with van der Waals surface area (Å²) in [5, 5.41) is 5.87. The van der Waals surface area contributed by atoms with E-state index in [0.29, 0.717) is 12.3 Å². The third kappa shape index (κ3) is 4.49. The largest absolute Gasteiger partial charge is 0.497 e. The van der Waals surface area contributed by atoms with Crippen LogP contribution in [-0.4, -0.2) is 20.1 Å². The minimum atomic E-state index is -0.143. The van der Waals surface area contributed by atoms with Crippen LogP contribution in [0.25, 0.3) is 27.7 Å². The Kier molecular flexibility index (Phi) is 6.09. The normalized spacial score (nSPS) is 11.5. The topological polar surface area (TPSA) is 60.7 Å². The number of methoxy groups -OCH3 is 2. The summed E-state index contributed by atoms with van der Waals surface area (Å²) in [7, 11) is 3.26. The van der Waals surface area contributed by atoms with Gasteiger partial charge >= 0.3 is 0 Å². The average molecular weight is 434 g/mol. The predicted octanol–water partition coefficient (Wildman–Crippen LogP) is 5.90. The highest BCUT2D eigenvalue weighted by Crippen LogP contribution is 2.37. The molecule has 0 radical (unpaired) electrons. The lowest BCUT2D eigenvalue weighted by molar-refractivity contribution is -0.116. The van der Waals surface area contributed by atoms with Crippen molar-refractivity contribution in [1.29, 1.82) is 0 Å². The number of benzene rings is 2. The summed E-state index contributed by atoms with van der Waals surface area (Å²) in [6, 6.07) is 15.7. The first-order chi connectivity index (χ1) is 15.1. The van der Waals surface area contributed by atoms with Gasteiger partial charge in [0.1, 0.15) is 17.1 Å². The zero-order valence-electron chi connectivity index (χ0n) is 17.6. The number of nitrogens with one attached hydrogen (secondary N) is 1. The molecule has 1 amide bonds. The maximum absolute atomic E-state index is 12.4. The minimum Gasteiger partial charge on any atom is -0.497 e. The predicted molar refractivity (Wildman–Crippen MR) is 125 cm³/mol. The smallest absolute Gasteiger partial charge is 0.244 e. The average Bonchev–Trinajstić information content (AvgIpc) is 3.46. The lowest BCUT2D eigenvalue weighted by atomic mass is 9.99. The van der Waals surface area contributed by atoms with Gasteiger partial charge < -0.3 is 19.2 Å². The fourth-order valence-electron chi connectivity index (χ4n) is 3.44. The van der Waals surface area contributed by atoms with Crippen molar-refractivity contribution in [2.24, 2.45) is 0 Å². The van der Waals surface area contributed by atoms with Gasteiger partial charge in [-0.25, -0.2) is 0 Å². The first kappa shape index (κ1) is 20.8. The summed E-state index contributed by atoms with van der Waals surface area (Å²) in [4.78, 5) is 13.5. The van der Waals surface area contributed by atoms with Crippen LogP contribution in [0.15, 0.2) is 70.7 Å². The van der Waals surface area contributed by atoms with E-state index in [0.717, 1.165) is 43.9 Å². The Balaban J connectivity index is 1.66. The third-order valence-corrected chi connectivity index (χ3v) is 5.96. The molecule has 5 nitrogen and oxygen atoms in total. The van der Waals surface area contributed by atoms with E-state index in [1.807, 2.05) is 60.8 Å². The molecule has 0 aliphatic carbocycles. The standard InChI is InChI=1S/C25H23NO4S/c1-16(11-25(27)26-14-19-5-4-10-31-19)20-12-21-22(15-30-24(21)13-23(20)29-3)17-6-8-18(28-2)9-7-17/h4-13,15H,14H2,1-3H3,(H,26,27)/b16-11+. The molecule has 0 spiro atoms. The molecule has 0 saturated heterocycles. The molecule has 0 unspecified atom stereocenters. The van der Waals surface area contributed by atoms with E-state index >= 15 is 0 Å². The molecule has 0 aliphatic rings. The number of carbonyl (C=O) groups excluding carboxylic acids is 1. The highest BCUT2D eigenvalue weighted by atomic mass is 32.1. The maximum atomic E-state index is 12.4. The Morgan fingerprint density at radius 1 is 1.13 bits per heavy atom. The SMILES string of the molecule is COc1ccc(-c2coc3cc(OC)c(/C(C)=C/C(=O)NCc4cccs4)cc23)cc1. The molecule has 0 bridgehead atoms. The van der Waals surface area contributed by atoms with Gasteiger partial charge in [0.25, 0.3) is 0 Å². The van der Waals surface area contributed by atoms with Gasteiger partial charge in [0.2, 0.25) is 5.91 Å². The van der Waals surface area contributed by atoms with E-state index in [1.54, 1.807) is 37.9 Å². The van der Waals surface area contributed by atoms with Gasteiger partial charge in [-0.1, -0.05) is 18.2 Å². The fourth-order valence-corrected chi connectivity index (χ4v) is 4.08. The monoisotopic (exact) mass is 433 g/mol. The molecule has 0 fully saturated rings. The van der Waals surface area contributed by atoms with E-state index in [1.165, 1.54) is 0 Å². The summed E-state index contributed by atoms with van der Waals surface area (Å²) >= 11 is 1.62. The van der Waals surface area contributed by atoms with Crippen LogP contribution in [0.2, 0.25) is 0 Å². The molecule has 0 atom stereocenters. The summed E-state index contributed by atoms with van der Waals surface area (Å²) in [6.45, 7) is 2.42. The lowest BCUT2D eigenvalue weighted by Gasteiger charge is -2.10. The van der Waals surface area contributed by atoms with Crippen LogP contribution in [0.1, 0.15) is 17.4 Å². The Morgan fingerprint density at radius 2 is 1.94 bits per heavy atom. The second-order valence-corrected chi connectivity index (χ2v) is 8.08. The number of rotatable bonds is 7. The number of thiophene rings is 1. The molecule has 2 aromatic heterocycles. The molecule has 158 valence electrons. The van der Waals surface area contributed by atoms with Crippen molar-refractivity contribution in [3.63, 3.8) is 0 Å². The molecule has 2 aromatic carbocycles. The van der Waals surface area contributed by atoms with E-state index in [4.69, 9.17) is 13.9 Å². The van der Waals surface area contributed by atoms with Gasteiger partial charge in [-0.3, -0.25) is 4.79 Å². The molecule has 4 aromatic rings. The molecular formula is C25H23NO4S. The van der Waals surface area contributed by atoms with Gasteiger partial charge in [-0.05, 0) is 47.7 Å². The molecule has 31 heavy (non-hydrogen) atoms. The second kappa shape index (κ2) is 9.10. The number of fused-ring (bicyclic) bond motifs is 1. The third-order valence-electron chi connectivity index (χ3n) is 5.09. The Hall–Kier alpha value is -3.51. The van der Waals surface area contributed by atoms with Crippen molar-refractivity contribution in [3.05, 3.63) is 76.7 Å². The van der Waals surface area contributed by atoms with Crippen LogP contribution in [0, 0.1) is 0 Å². The van der Waals surface area contributed by atoms with E-state index < -0.39 is 0 Å². The van der Waals surface area contributed by atoms with Crippen LogP contribution >= 0.6 is 11.3 Å². The maximum Gasteiger partial charge on any atom is 0.244 e. The van der Waals surface area contributed by atoms with E-state index in [9.17, 15) is 4.79 Å². The summed E-state index contributed by atoms with van der Waals surface area (Å²) < 4.78 is 16.6. The second-order valence-electron chi connectivity index (χ2n) is 7.05. The Bertz CT molecular complexity index is 1220. The van der Waals surface area contributed by atoms with E-state index in [2.05, 4.69) is 5.32 Å². The van der Waals surface area contributed by atoms with Crippen LogP contribution in [0.4, 0.5) is 0 Å². The Morgan fingerprint density at radius 3 is 2.61 bits per heavy atom. The molecule has 4 rings (SSSR count). The number of amides is 1. The van der Waals surface area contributed by atoms with Crippen molar-refractivity contribution in [1.82, 2.24) is 5.32 Å². The number of allylic oxidation sites excluding steroid dienone is 1. The van der Waals surface area contributed by atoms with Crippen molar-refractivity contribution < 1.29 is 18.7 Å². The molecular weight excluding hydrogens is 410 g/mol. The summed E-state index contributed by atoms with van der Waals surface area (Å²) in [6.07, 6.45) is 3.34. The van der Waals surface area contributed by atoms with Gasteiger partial charge in [0.05, 0.1) is 27.0 Å². The zero-order valence-corrected chi connectivity index (χ0v) is 18.4. The van der Waals surface area contributed by atoms with Gasteiger partial charge in [0.15, 0.2) is 0 Å². The van der Waals surface area contributed by atoms with Crippen LogP contribution in [-0.2, 0) is 11.3 Å². The molecule has 6 heteroatoms. The highest BCUT2D eigenvalue weighted by molar-refractivity contribution is 7.09. The quantitative estimate of drug-likeness (QED) is 0.369. The Labute approximate surface area is 184 Å². The van der Waals surface area contributed by atoms with Crippen LogP contribution in [0.3, 0.4) is 0 Å². The number of ether oxygens (including phenoxy) is 2. The minimum absolute atomic E-state index is 0.143. The lowest BCUT2D eigenvalue weighted by Crippen LogP contribution is -2.20. The number of hydrogen-bond donors (Lipinski definition) is 1. The molecule has 0 saturated carbocycles. The molecule has 0 aliphatic heterocycles. The molecule has 2 heterocycles. The van der Waals surface area contributed by atoms with Crippen molar-refractivity contribution >= 4 is 33.8 Å². The van der Waals surface area contributed by atoms with Crippen molar-refractivity contribution in [2.75, 3.05) is 14.2 Å². The van der Waals surface area contributed by atoms with E-state index in [-0.39, 0.29) is 5.91 Å². The highest BCUT2D eigenvalue weighted by Gasteiger charge is 2.15. The van der Waals surface area contributed by atoms with Gasteiger partial charge in [0, 0.05) is 33.5 Å². The van der Waals surface area contributed by atoms with Crippen LogP contribution < -0.4 is 14.8 Å². The first-order valence-corrected chi connectivity index (χ1v) is 10.7. The van der Waals surface area contributed by atoms with Crippen molar-refractivity contribution in [3.8, 4) is 22.6 Å². The van der Waals surface area contributed by atoms with Crippen LogP contribution in [0.5, 0.6) is 11.5 Å². The number of carbonyl (C=O) groups is 1. The summed E-state index contributed by atoms with van der Waals surface area (Å²) in [5.74, 6) is 1.31. The van der Waals surface area contributed by atoms with Gasteiger partial charge in [-0.15, -0.1) is 11.3 Å². The first-order valence-electron chi connectivity index (χ1n) is 9.81. The number of furan rings is 1. The fraction of sp³-hybridized carbons (Fsp3) is 0.160. The van der Waals surface area contributed by atoms with Crippen molar-refractivity contribution in [2.45, 2.75) is 13.5 Å². The van der Waals surface area contributed by atoms with Gasteiger partial charge in [-0.2, -0.15) is 0 Å². The summed E-state index contributed by atoms with van der Waals surface area (Å²) in [5.41, 5.74) is 4.37.